The smallest absolute Gasteiger partial charge is 0.238 e. The molecule has 4 heteroatoms. The molecule has 0 N–H and O–H groups in total. The van der Waals surface area contributed by atoms with E-state index in [2.05, 4.69) is 0 Å². The van der Waals surface area contributed by atoms with Crippen molar-refractivity contribution in [3.8, 4) is 0 Å². The molecule has 2 aliphatic rings. The van der Waals surface area contributed by atoms with Gasteiger partial charge in [-0.3, -0.25) is 9.59 Å². The number of nitrogens with zero attached hydrogens (tertiary/aromatic N) is 1. The van der Waals surface area contributed by atoms with Crippen LogP contribution >= 0.6 is 11.6 Å². The summed E-state index contributed by atoms with van der Waals surface area (Å²) in [5.41, 5.74) is 1.51. The summed E-state index contributed by atoms with van der Waals surface area (Å²) in [7, 11) is 0. The predicted molar refractivity (Wildman–Crippen MR) is 78.6 cm³/mol. The number of aryl methyl sites for hydroxylation is 1. The molecule has 0 aromatic heterocycles. The van der Waals surface area contributed by atoms with Crippen LogP contribution in [0.4, 0.5) is 5.69 Å². The number of carbonyl (C=O) groups is 2. The van der Waals surface area contributed by atoms with E-state index in [0.717, 1.165) is 5.56 Å². The SMILES string of the molecule is Cc1ccc(N2C(=O)[C@H]3[C@H](C)C=CC[C@H]3C2=O)cc1Cl. The van der Waals surface area contributed by atoms with Crippen molar-refractivity contribution in [3.05, 3.63) is 40.9 Å². The molecule has 0 spiro atoms. The topological polar surface area (TPSA) is 37.4 Å². The molecule has 0 unspecified atom stereocenters. The Morgan fingerprint density at radius 2 is 2.00 bits per heavy atom. The Kier molecular flexibility index (Phi) is 3.17. The first-order chi connectivity index (χ1) is 9.50. The standard InChI is InChI=1S/C16H16ClNO2/c1-9-6-7-11(8-13(9)17)18-15(19)12-5-3-4-10(2)14(12)16(18)20/h3-4,6-8,10,12,14H,5H2,1-2H3/t10-,12-,14+/m1/s1. The molecular formula is C16H16ClNO2. The Bertz CT molecular complexity index is 623. The minimum absolute atomic E-state index is 0.100. The van der Waals surface area contributed by atoms with Gasteiger partial charge in [-0.1, -0.05) is 36.7 Å². The third-order valence-electron chi connectivity index (χ3n) is 4.29. The zero-order chi connectivity index (χ0) is 14.4. The summed E-state index contributed by atoms with van der Waals surface area (Å²) >= 11 is 6.11. The minimum Gasteiger partial charge on any atom is -0.274 e. The average molecular weight is 290 g/mol. The maximum Gasteiger partial charge on any atom is 0.238 e. The molecule has 3 atom stereocenters. The van der Waals surface area contributed by atoms with Crippen molar-refractivity contribution >= 4 is 29.1 Å². The fourth-order valence-electron chi connectivity index (χ4n) is 3.12. The van der Waals surface area contributed by atoms with Crippen LogP contribution in [0.15, 0.2) is 30.4 Å². The van der Waals surface area contributed by atoms with E-state index >= 15 is 0 Å². The lowest BCUT2D eigenvalue weighted by Gasteiger charge is -2.22. The van der Waals surface area contributed by atoms with E-state index in [1.807, 2.05) is 32.1 Å². The van der Waals surface area contributed by atoms with Crippen LogP contribution in [-0.2, 0) is 9.59 Å². The number of allylic oxidation sites excluding steroid dienone is 2. The van der Waals surface area contributed by atoms with E-state index in [1.165, 1.54) is 4.90 Å². The van der Waals surface area contributed by atoms with Gasteiger partial charge in [-0.05, 0) is 37.0 Å². The first-order valence-corrected chi connectivity index (χ1v) is 7.19. The van der Waals surface area contributed by atoms with Gasteiger partial charge in [0.05, 0.1) is 17.5 Å². The number of halogens is 1. The second-order valence-corrected chi connectivity index (χ2v) is 6.01. The summed E-state index contributed by atoms with van der Waals surface area (Å²) in [4.78, 5) is 26.4. The Hall–Kier alpha value is -1.61. The summed E-state index contributed by atoms with van der Waals surface area (Å²) < 4.78 is 0. The molecule has 1 aliphatic carbocycles. The number of fused-ring (bicyclic) bond motifs is 1. The number of rotatable bonds is 1. The molecule has 1 aromatic rings. The van der Waals surface area contributed by atoms with Crippen LogP contribution in [0.1, 0.15) is 18.9 Å². The van der Waals surface area contributed by atoms with Crippen molar-refractivity contribution in [3.63, 3.8) is 0 Å². The van der Waals surface area contributed by atoms with Gasteiger partial charge in [0.1, 0.15) is 0 Å². The van der Waals surface area contributed by atoms with E-state index < -0.39 is 0 Å². The number of imide groups is 1. The summed E-state index contributed by atoms with van der Waals surface area (Å²) in [6.45, 7) is 3.88. The number of carbonyl (C=O) groups excluding carboxylic acids is 2. The zero-order valence-corrected chi connectivity index (χ0v) is 12.2. The van der Waals surface area contributed by atoms with Gasteiger partial charge >= 0.3 is 0 Å². The lowest BCUT2D eigenvalue weighted by atomic mass is 9.78. The van der Waals surface area contributed by atoms with Crippen LogP contribution in [0.3, 0.4) is 0 Å². The summed E-state index contributed by atoms with van der Waals surface area (Å²) in [5.74, 6) is -0.542. The Labute approximate surface area is 123 Å². The molecule has 0 saturated carbocycles. The Morgan fingerprint density at radius 1 is 1.25 bits per heavy atom. The van der Waals surface area contributed by atoms with Gasteiger partial charge in [-0.25, -0.2) is 4.90 Å². The number of hydrogen-bond acceptors (Lipinski definition) is 2. The average Bonchev–Trinajstić information content (AvgIpc) is 2.67. The van der Waals surface area contributed by atoms with Crippen molar-refractivity contribution in [1.82, 2.24) is 0 Å². The van der Waals surface area contributed by atoms with Crippen molar-refractivity contribution in [2.75, 3.05) is 4.90 Å². The van der Waals surface area contributed by atoms with E-state index in [-0.39, 0.29) is 29.6 Å². The number of amides is 2. The summed E-state index contributed by atoms with van der Waals surface area (Å²) in [6.07, 6.45) is 4.68. The zero-order valence-electron chi connectivity index (χ0n) is 11.5. The van der Waals surface area contributed by atoms with Crippen molar-refractivity contribution in [2.45, 2.75) is 20.3 Å². The number of benzene rings is 1. The quantitative estimate of drug-likeness (QED) is 0.587. The molecule has 1 fully saturated rings. The fraction of sp³-hybridized carbons (Fsp3) is 0.375. The lowest BCUT2D eigenvalue weighted by Crippen LogP contribution is -2.31. The van der Waals surface area contributed by atoms with Crippen LogP contribution in [0, 0.1) is 24.7 Å². The molecule has 3 nitrogen and oxygen atoms in total. The minimum atomic E-state index is -0.229. The second kappa shape index (κ2) is 4.74. The maximum atomic E-state index is 12.6. The highest BCUT2D eigenvalue weighted by Gasteiger charge is 2.50. The van der Waals surface area contributed by atoms with Crippen molar-refractivity contribution in [1.29, 1.82) is 0 Å². The molecule has 1 aromatic carbocycles. The number of anilines is 1. The normalized spacial score (nSPS) is 28.9. The molecule has 1 aliphatic heterocycles. The first kappa shape index (κ1) is 13.4. The van der Waals surface area contributed by atoms with Gasteiger partial charge in [0, 0.05) is 5.02 Å². The fourth-order valence-corrected chi connectivity index (χ4v) is 3.30. The van der Waals surface area contributed by atoms with Gasteiger partial charge in [0.15, 0.2) is 0 Å². The third kappa shape index (κ3) is 1.88. The molecule has 20 heavy (non-hydrogen) atoms. The molecule has 1 heterocycles. The van der Waals surface area contributed by atoms with E-state index in [4.69, 9.17) is 11.6 Å². The van der Waals surface area contributed by atoms with E-state index in [1.54, 1.807) is 12.1 Å². The Morgan fingerprint density at radius 3 is 2.65 bits per heavy atom. The van der Waals surface area contributed by atoms with Crippen LogP contribution in [-0.4, -0.2) is 11.8 Å². The molecule has 3 rings (SSSR count). The molecule has 0 bridgehead atoms. The van der Waals surface area contributed by atoms with Crippen LogP contribution in [0.2, 0.25) is 5.02 Å². The van der Waals surface area contributed by atoms with Gasteiger partial charge in [0.2, 0.25) is 11.8 Å². The van der Waals surface area contributed by atoms with Crippen LogP contribution in [0.25, 0.3) is 0 Å². The summed E-state index contributed by atoms with van der Waals surface area (Å²) in [5, 5.41) is 0.573. The van der Waals surface area contributed by atoms with E-state index in [0.29, 0.717) is 17.1 Å². The first-order valence-electron chi connectivity index (χ1n) is 6.81. The van der Waals surface area contributed by atoms with Crippen LogP contribution < -0.4 is 4.90 Å². The summed E-state index contributed by atoms with van der Waals surface area (Å²) in [6, 6.07) is 5.32. The van der Waals surface area contributed by atoms with Crippen molar-refractivity contribution in [2.24, 2.45) is 17.8 Å². The highest BCUT2D eigenvalue weighted by atomic mass is 35.5. The number of hydrogen-bond donors (Lipinski definition) is 0. The second-order valence-electron chi connectivity index (χ2n) is 5.60. The highest BCUT2D eigenvalue weighted by molar-refractivity contribution is 6.32. The van der Waals surface area contributed by atoms with Gasteiger partial charge in [-0.15, -0.1) is 0 Å². The van der Waals surface area contributed by atoms with Crippen molar-refractivity contribution < 1.29 is 9.59 Å². The van der Waals surface area contributed by atoms with E-state index in [9.17, 15) is 9.59 Å². The lowest BCUT2D eigenvalue weighted by molar-refractivity contribution is -0.122. The molecule has 104 valence electrons. The molecular weight excluding hydrogens is 274 g/mol. The van der Waals surface area contributed by atoms with Crippen LogP contribution in [0.5, 0.6) is 0 Å². The molecule has 1 saturated heterocycles. The third-order valence-corrected chi connectivity index (χ3v) is 4.69. The highest BCUT2D eigenvalue weighted by Crippen LogP contribution is 2.40. The maximum absolute atomic E-state index is 12.6. The largest absolute Gasteiger partial charge is 0.274 e. The van der Waals surface area contributed by atoms with Gasteiger partial charge in [-0.2, -0.15) is 0 Å². The monoisotopic (exact) mass is 289 g/mol. The molecule has 0 radical (unpaired) electrons. The van der Waals surface area contributed by atoms with Gasteiger partial charge in [0.25, 0.3) is 0 Å². The molecule has 2 amide bonds. The Balaban J connectivity index is 2.01. The van der Waals surface area contributed by atoms with Gasteiger partial charge < -0.3 is 0 Å². The predicted octanol–water partition coefficient (Wildman–Crippen LogP) is 3.35.